The Balaban J connectivity index is 4.28. The molecule has 0 aromatic rings. The summed E-state index contributed by atoms with van der Waals surface area (Å²) in [5.41, 5.74) is 2.32. The fourth-order valence-electron chi connectivity index (χ4n) is 0.467. The van der Waals surface area contributed by atoms with Gasteiger partial charge in [-0.25, -0.2) is 4.58 Å². The van der Waals surface area contributed by atoms with Gasteiger partial charge in [-0.15, -0.1) is 0 Å². The highest BCUT2D eigenvalue weighted by molar-refractivity contribution is 5.17. The fourth-order valence-corrected chi connectivity index (χ4v) is 0.467. The lowest BCUT2D eigenvalue weighted by atomic mass is 10.4. The van der Waals surface area contributed by atoms with E-state index in [4.69, 9.17) is 0 Å². The zero-order valence-corrected chi connectivity index (χ0v) is 6.65. The third-order valence-electron chi connectivity index (χ3n) is 1.49. The lowest BCUT2D eigenvalue weighted by molar-refractivity contribution is -0.435. The van der Waals surface area contributed by atoms with Crippen molar-refractivity contribution in [2.45, 2.75) is 13.8 Å². The van der Waals surface area contributed by atoms with E-state index in [0.717, 1.165) is 11.4 Å². The van der Waals surface area contributed by atoms with Gasteiger partial charge in [-0.05, 0) is 6.92 Å². The fraction of sp³-hybridized carbons (Fsp3) is 0.571. The molecule has 2 nitrogen and oxygen atoms in total. The van der Waals surface area contributed by atoms with Crippen LogP contribution in [0.1, 0.15) is 13.8 Å². The van der Waals surface area contributed by atoms with Crippen LogP contribution in [0.5, 0.6) is 0 Å². The van der Waals surface area contributed by atoms with Gasteiger partial charge < -0.3 is 5.32 Å². The number of hydrogen-bond acceptors (Lipinski definition) is 1. The maximum Gasteiger partial charge on any atom is 0.196 e. The second-order valence-corrected chi connectivity index (χ2v) is 2.16. The second kappa shape index (κ2) is 3.28. The molecule has 0 unspecified atom stereocenters. The summed E-state index contributed by atoms with van der Waals surface area (Å²) < 4.78 is 1.84. The van der Waals surface area contributed by atoms with E-state index in [-0.39, 0.29) is 0 Å². The SMILES string of the molecule is C=[N+](C)/C(C)=C(/C)NC. The molecule has 2 heteroatoms. The molecular weight excluding hydrogens is 112 g/mol. The molecule has 0 aliphatic heterocycles. The Kier molecular flexibility index (Phi) is 2.99. The monoisotopic (exact) mass is 127 g/mol. The van der Waals surface area contributed by atoms with Gasteiger partial charge >= 0.3 is 0 Å². The van der Waals surface area contributed by atoms with Gasteiger partial charge in [-0.3, -0.25) is 0 Å². The summed E-state index contributed by atoms with van der Waals surface area (Å²) in [7, 11) is 3.83. The average Bonchev–Trinajstić information content (AvgIpc) is 1.84. The quantitative estimate of drug-likeness (QED) is 0.428. The molecule has 0 aromatic heterocycles. The molecule has 0 atom stereocenters. The van der Waals surface area contributed by atoms with E-state index in [2.05, 4.69) is 12.0 Å². The zero-order valence-electron chi connectivity index (χ0n) is 6.65. The predicted octanol–water partition coefficient (Wildman–Crippen LogP) is 0.800. The summed E-state index contributed by atoms with van der Waals surface area (Å²) in [5, 5.41) is 3.04. The van der Waals surface area contributed by atoms with Crippen molar-refractivity contribution in [3.63, 3.8) is 0 Å². The van der Waals surface area contributed by atoms with Crippen LogP contribution >= 0.6 is 0 Å². The van der Waals surface area contributed by atoms with E-state index in [9.17, 15) is 0 Å². The van der Waals surface area contributed by atoms with Crippen LogP contribution in [0.3, 0.4) is 0 Å². The Bertz CT molecular complexity index is 145. The van der Waals surface area contributed by atoms with Gasteiger partial charge in [0.1, 0.15) is 13.8 Å². The van der Waals surface area contributed by atoms with Gasteiger partial charge in [0.2, 0.25) is 0 Å². The van der Waals surface area contributed by atoms with Crippen LogP contribution in [0.25, 0.3) is 0 Å². The second-order valence-electron chi connectivity index (χ2n) is 2.16. The van der Waals surface area contributed by atoms with Crippen LogP contribution in [0.2, 0.25) is 0 Å². The molecule has 0 heterocycles. The Hall–Kier alpha value is -0.790. The van der Waals surface area contributed by atoms with E-state index in [1.54, 1.807) is 0 Å². The standard InChI is InChI=1S/C7H15N2/c1-6(8-3)7(2)9(4)5/h8H,4H2,1-3,5H3/q+1/b7-6-. The first kappa shape index (κ1) is 8.21. The predicted molar refractivity (Wildman–Crippen MR) is 40.7 cm³/mol. The largest absolute Gasteiger partial charge is 0.387 e. The van der Waals surface area contributed by atoms with Gasteiger partial charge in [0, 0.05) is 14.0 Å². The summed E-state index contributed by atoms with van der Waals surface area (Å²) in [5.74, 6) is 0. The molecule has 0 fully saturated rings. The Morgan fingerprint density at radius 1 is 1.44 bits per heavy atom. The van der Waals surface area contributed by atoms with Crippen molar-refractivity contribution in [3.8, 4) is 0 Å². The van der Waals surface area contributed by atoms with Crippen LogP contribution in [0.15, 0.2) is 11.4 Å². The van der Waals surface area contributed by atoms with Gasteiger partial charge in [0.15, 0.2) is 5.70 Å². The zero-order chi connectivity index (χ0) is 7.44. The minimum absolute atomic E-state index is 1.16. The van der Waals surface area contributed by atoms with E-state index < -0.39 is 0 Å². The maximum atomic E-state index is 3.74. The van der Waals surface area contributed by atoms with Crippen molar-refractivity contribution in [1.82, 2.24) is 5.32 Å². The first-order valence-electron chi connectivity index (χ1n) is 2.99. The minimum atomic E-state index is 1.16. The third-order valence-corrected chi connectivity index (χ3v) is 1.49. The van der Waals surface area contributed by atoms with E-state index >= 15 is 0 Å². The normalized spacial score (nSPS) is 12.4. The number of nitrogens with one attached hydrogen (secondary N) is 1. The molecule has 0 bridgehead atoms. The van der Waals surface area contributed by atoms with E-state index in [1.165, 1.54) is 0 Å². The molecule has 1 N–H and O–H groups in total. The molecule has 9 heavy (non-hydrogen) atoms. The average molecular weight is 127 g/mol. The summed E-state index contributed by atoms with van der Waals surface area (Å²) in [6.07, 6.45) is 0. The van der Waals surface area contributed by atoms with Crippen LogP contribution in [0.4, 0.5) is 0 Å². The van der Waals surface area contributed by atoms with E-state index in [1.807, 2.05) is 32.5 Å². The maximum absolute atomic E-state index is 3.74. The van der Waals surface area contributed by atoms with Crippen LogP contribution < -0.4 is 5.32 Å². The smallest absolute Gasteiger partial charge is 0.196 e. The summed E-state index contributed by atoms with van der Waals surface area (Å²) in [4.78, 5) is 0. The molecule has 0 radical (unpaired) electrons. The van der Waals surface area contributed by atoms with Crippen molar-refractivity contribution in [2.75, 3.05) is 14.1 Å². The number of hydrogen-bond donors (Lipinski definition) is 1. The van der Waals surface area contributed by atoms with E-state index in [0.29, 0.717) is 0 Å². The molecule has 0 rings (SSSR count). The molecule has 0 aliphatic carbocycles. The molecule has 0 saturated carbocycles. The molecular formula is C7H15N2+. The van der Waals surface area contributed by atoms with Crippen LogP contribution in [-0.4, -0.2) is 25.4 Å². The summed E-state index contributed by atoms with van der Waals surface area (Å²) >= 11 is 0. The van der Waals surface area contributed by atoms with Gasteiger partial charge in [0.25, 0.3) is 0 Å². The molecule has 0 aliphatic rings. The lowest BCUT2D eigenvalue weighted by Gasteiger charge is -1.99. The van der Waals surface area contributed by atoms with Crippen molar-refractivity contribution >= 4 is 6.72 Å². The van der Waals surface area contributed by atoms with Crippen molar-refractivity contribution in [3.05, 3.63) is 11.4 Å². The van der Waals surface area contributed by atoms with Crippen molar-refractivity contribution in [1.29, 1.82) is 0 Å². The minimum Gasteiger partial charge on any atom is -0.387 e. The summed E-state index contributed by atoms with van der Waals surface area (Å²) in [6, 6.07) is 0. The van der Waals surface area contributed by atoms with Crippen molar-refractivity contribution < 1.29 is 4.58 Å². The Morgan fingerprint density at radius 2 is 1.89 bits per heavy atom. The Labute approximate surface area is 56.9 Å². The highest BCUT2D eigenvalue weighted by Gasteiger charge is 1.99. The van der Waals surface area contributed by atoms with Gasteiger partial charge in [-0.2, -0.15) is 0 Å². The highest BCUT2D eigenvalue weighted by atomic mass is 15.0. The molecule has 0 aromatic carbocycles. The number of allylic oxidation sites excluding steroid dienone is 2. The first-order valence-corrected chi connectivity index (χ1v) is 2.99. The number of nitrogens with zero attached hydrogens (tertiary/aromatic N) is 1. The molecule has 0 saturated heterocycles. The van der Waals surface area contributed by atoms with Gasteiger partial charge in [-0.1, -0.05) is 0 Å². The lowest BCUT2D eigenvalue weighted by Crippen LogP contribution is -2.10. The van der Waals surface area contributed by atoms with Crippen LogP contribution in [-0.2, 0) is 0 Å². The highest BCUT2D eigenvalue weighted by Crippen LogP contribution is 1.96. The molecule has 52 valence electrons. The first-order chi connectivity index (χ1) is 4.09. The van der Waals surface area contributed by atoms with Crippen LogP contribution in [0, 0.1) is 0 Å². The number of rotatable bonds is 2. The topological polar surface area (TPSA) is 15.0 Å². The molecule has 0 spiro atoms. The third kappa shape index (κ3) is 2.31. The van der Waals surface area contributed by atoms with Crippen molar-refractivity contribution in [2.24, 2.45) is 0 Å². The molecule has 0 amide bonds. The Morgan fingerprint density at radius 3 is 2.00 bits per heavy atom. The summed E-state index contributed by atoms with van der Waals surface area (Å²) in [6.45, 7) is 7.79. The van der Waals surface area contributed by atoms with Gasteiger partial charge in [0.05, 0.1) is 5.70 Å².